The summed E-state index contributed by atoms with van der Waals surface area (Å²) < 4.78 is 4.64. The van der Waals surface area contributed by atoms with E-state index >= 15 is 0 Å². The second-order valence-electron chi connectivity index (χ2n) is 5.97. The molecule has 0 saturated heterocycles. The number of rotatable bonds is 7. The van der Waals surface area contributed by atoms with Gasteiger partial charge in [-0.1, -0.05) is 30.3 Å². The van der Waals surface area contributed by atoms with Crippen LogP contribution in [0.1, 0.15) is 26.4 Å². The highest BCUT2D eigenvalue weighted by Gasteiger charge is 2.10. The quantitative estimate of drug-likeness (QED) is 0.615. The molecule has 0 aliphatic rings. The van der Waals surface area contributed by atoms with Crippen LogP contribution in [0.2, 0.25) is 0 Å². The van der Waals surface area contributed by atoms with Gasteiger partial charge in [-0.15, -0.1) is 0 Å². The molecule has 0 fully saturated rings. The number of benzene rings is 2. The minimum atomic E-state index is -0.431. The van der Waals surface area contributed by atoms with Gasteiger partial charge in [0, 0.05) is 12.2 Å². The van der Waals surface area contributed by atoms with Crippen molar-refractivity contribution >= 4 is 23.4 Å². The third kappa shape index (κ3) is 5.14. The van der Waals surface area contributed by atoms with Gasteiger partial charge < -0.3 is 15.4 Å². The molecule has 3 rings (SSSR count). The Hall–Kier alpha value is -3.74. The monoisotopic (exact) mass is 376 g/mol. The number of hydrogen-bond donors (Lipinski definition) is 2. The molecule has 0 unspecified atom stereocenters. The lowest BCUT2D eigenvalue weighted by Crippen LogP contribution is -2.15. The standard InChI is InChI=1S/C21H20N4O3/c1-28-21(27)16-7-9-17(10-8-16)25-20(26)18-13-24-19(14-23-18)22-12-11-15-5-3-2-4-6-15/h2-10,13-14H,11-12H2,1H3,(H,22,24)(H,25,26). The van der Waals surface area contributed by atoms with Gasteiger partial charge in [-0.05, 0) is 36.2 Å². The third-order valence-electron chi connectivity index (χ3n) is 4.01. The molecule has 1 heterocycles. The summed E-state index contributed by atoms with van der Waals surface area (Å²) in [6.45, 7) is 0.719. The van der Waals surface area contributed by atoms with Crippen LogP contribution >= 0.6 is 0 Å². The number of nitrogens with zero attached hydrogens (tertiary/aromatic N) is 2. The van der Waals surface area contributed by atoms with Crippen LogP contribution in [0.3, 0.4) is 0 Å². The Morgan fingerprint density at radius 3 is 2.36 bits per heavy atom. The van der Waals surface area contributed by atoms with Crippen LogP contribution < -0.4 is 10.6 Å². The second-order valence-corrected chi connectivity index (χ2v) is 5.97. The Labute approximate surface area is 162 Å². The number of ether oxygens (including phenoxy) is 1. The molecule has 0 aliphatic carbocycles. The Balaban J connectivity index is 1.52. The molecule has 142 valence electrons. The number of hydrogen-bond acceptors (Lipinski definition) is 6. The van der Waals surface area contributed by atoms with Gasteiger partial charge in [0.05, 0.1) is 25.1 Å². The summed E-state index contributed by atoms with van der Waals surface area (Å²) in [4.78, 5) is 32.1. The number of esters is 1. The van der Waals surface area contributed by atoms with Gasteiger partial charge in [0.15, 0.2) is 0 Å². The van der Waals surface area contributed by atoms with Crippen LogP contribution in [0.5, 0.6) is 0 Å². The van der Waals surface area contributed by atoms with Gasteiger partial charge in [-0.2, -0.15) is 0 Å². The van der Waals surface area contributed by atoms with Crippen molar-refractivity contribution in [2.24, 2.45) is 0 Å². The zero-order chi connectivity index (χ0) is 19.8. The van der Waals surface area contributed by atoms with Gasteiger partial charge in [-0.25, -0.2) is 14.8 Å². The second kappa shape index (κ2) is 9.27. The van der Waals surface area contributed by atoms with Crippen LogP contribution in [0.4, 0.5) is 11.5 Å². The fourth-order valence-corrected chi connectivity index (χ4v) is 2.52. The molecule has 1 amide bonds. The molecule has 28 heavy (non-hydrogen) atoms. The highest BCUT2D eigenvalue weighted by atomic mass is 16.5. The van der Waals surface area contributed by atoms with Crippen molar-refractivity contribution in [3.63, 3.8) is 0 Å². The third-order valence-corrected chi connectivity index (χ3v) is 4.01. The number of carbonyl (C=O) groups is 2. The maximum absolute atomic E-state index is 12.3. The molecule has 0 saturated carbocycles. The van der Waals surface area contributed by atoms with E-state index in [1.165, 1.54) is 25.1 Å². The lowest BCUT2D eigenvalue weighted by atomic mass is 10.1. The van der Waals surface area contributed by atoms with Crippen LogP contribution in [0, 0.1) is 0 Å². The minimum absolute atomic E-state index is 0.200. The van der Waals surface area contributed by atoms with Crippen LogP contribution in [-0.2, 0) is 11.2 Å². The van der Waals surface area contributed by atoms with Crippen LogP contribution in [-0.4, -0.2) is 35.5 Å². The van der Waals surface area contributed by atoms with Crippen molar-refractivity contribution in [2.75, 3.05) is 24.3 Å². The van der Waals surface area contributed by atoms with E-state index in [1.54, 1.807) is 24.3 Å². The molecule has 0 radical (unpaired) electrons. The fourth-order valence-electron chi connectivity index (χ4n) is 2.52. The predicted molar refractivity (Wildman–Crippen MR) is 106 cm³/mol. The van der Waals surface area contributed by atoms with E-state index in [2.05, 4.69) is 37.5 Å². The van der Waals surface area contributed by atoms with Gasteiger partial charge in [-0.3, -0.25) is 4.79 Å². The average Bonchev–Trinajstić information content (AvgIpc) is 2.75. The molecular formula is C21H20N4O3. The van der Waals surface area contributed by atoms with E-state index in [1.807, 2.05) is 18.2 Å². The first-order chi connectivity index (χ1) is 13.7. The number of anilines is 2. The van der Waals surface area contributed by atoms with E-state index in [4.69, 9.17) is 0 Å². The van der Waals surface area contributed by atoms with E-state index in [-0.39, 0.29) is 11.6 Å². The molecule has 7 heteroatoms. The Morgan fingerprint density at radius 1 is 0.964 bits per heavy atom. The first-order valence-electron chi connectivity index (χ1n) is 8.75. The topological polar surface area (TPSA) is 93.2 Å². The van der Waals surface area contributed by atoms with E-state index in [0.29, 0.717) is 17.1 Å². The first-order valence-corrected chi connectivity index (χ1v) is 8.75. The molecule has 1 aromatic heterocycles. The summed E-state index contributed by atoms with van der Waals surface area (Å²) in [5, 5.41) is 5.89. The Bertz CT molecular complexity index is 926. The molecule has 0 bridgehead atoms. The lowest BCUT2D eigenvalue weighted by Gasteiger charge is -2.07. The Morgan fingerprint density at radius 2 is 1.71 bits per heavy atom. The van der Waals surface area contributed by atoms with Crippen molar-refractivity contribution in [1.29, 1.82) is 0 Å². The van der Waals surface area contributed by atoms with Crippen molar-refractivity contribution in [1.82, 2.24) is 9.97 Å². The highest BCUT2D eigenvalue weighted by molar-refractivity contribution is 6.03. The van der Waals surface area contributed by atoms with Crippen LogP contribution in [0.15, 0.2) is 67.0 Å². The smallest absolute Gasteiger partial charge is 0.337 e. The zero-order valence-electron chi connectivity index (χ0n) is 15.4. The van der Waals surface area contributed by atoms with E-state index in [9.17, 15) is 9.59 Å². The zero-order valence-corrected chi connectivity index (χ0v) is 15.4. The summed E-state index contributed by atoms with van der Waals surface area (Å²) in [6, 6.07) is 16.5. The molecule has 2 N–H and O–H groups in total. The highest BCUT2D eigenvalue weighted by Crippen LogP contribution is 2.12. The lowest BCUT2D eigenvalue weighted by molar-refractivity contribution is 0.0600. The normalized spacial score (nSPS) is 10.2. The van der Waals surface area contributed by atoms with E-state index < -0.39 is 5.97 Å². The first kappa shape index (κ1) is 19.0. The summed E-state index contributed by atoms with van der Waals surface area (Å²) in [6.07, 6.45) is 3.82. The van der Waals surface area contributed by atoms with Gasteiger partial charge in [0.1, 0.15) is 11.5 Å². The summed E-state index contributed by atoms with van der Waals surface area (Å²) >= 11 is 0. The Kier molecular flexibility index (Phi) is 6.30. The SMILES string of the molecule is COC(=O)c1ccc(NC(=O)c2cnc(NCCc3ccccc3)cn2)cc1. The molecule has 2 aromatic carbocycles. The maximum Gasteiger partial charge on any atom is 0.337 e. The fraction of sp³-hybridized carbons (Fsp3) is 0.143. The molecule has 3 aromatic rings. The van der Waals surface area contributed by atoms with Gasteiger partial charge in [0.2, 0.25) is 0 Å². The number of amides is 1. The summed E-state index contributed by atoms with van der Waals surface area (Å²) in [7, 11) is 1.32. The van der Waals surface area contributed by atoms with E-state index in [0.717, 1.165) is 13.0 Å². The molecular weight excluding hydrogens is 356 g/mol. The molecule has 0 aliphatic heterocycles. The average molecular weight is 376 g/mol. The van der Waals surface area contributed by atoms with Crippen LogP contribution in [0.25, 0.3) is 0 Å². The number of nitrogens with one attached hydrogen (secondary N) is 2. The summed E-state index contributed by atoms with van der Waals surface area (Å²) in [5.41, 5.74) is 2.39. The van der Waals surface area contributed by atoms with Crippen molar-refractivity contribution in [3.05, 3.63) is 83.8 Å². The molecule has 7 nitrogen and oxygen atoms in total. The number of aromatic nitrogens is 2. The van der Waals surface area contributed by atoms with Gasteiger partial charge in [0.25, 0.3) is 5.91 Å². The summed E-state index contributed by atoms with van der Waals surface area (Å²) in [5.74, 6) is -0.205. The maximum atomic E-state index is 12.3. The van der Waals surface area contributed by atoms with Crippen molar-refractivity contribution in [3.8, 4) is 0 Å². The molecule has 0 spiro atoms. The predicted octanol–water partition coefficient (Wildman–Crippen LogP) is 3.17. The number of carbonyl (C=O) groups excluding carboxylic acids is 2. The largest absolute Gasteiger partial charge is 0.465 e. The van der Waals surface area contributed by atoms with Crippen molar-refractivity contribution < 1.29 is 14.3 Å². The van der Waals surface area contributed by atoms with Gasteiger partial charge >= 0.3 is 5.97 Å². The number of methoxy groups -OCH3 is 1. The minimum Gasteiger partial charge on any atom is -0.465 e. The van der Waals surface area contributed by atoms with Crippen molar-refractivity contribution in [2.45, 2.75) is 6.42 Å². The molecule has 0 atom stereocenters.